The number of amides is 1. The zero-order valence-corrected chi connectivity index (χ0v) is 25.3. The fourth-order valence-electron chi connectivity index (χ4n) is 6.28. The van der Waals surface area contributed by atoms with Gasteiger partial charge in [-0.15, -0.1) is 5.10 Å². The van der Waals surface area contributed by atoms with Crippen LogP contribution in [0.4, 0.5) is 0 Å². The Kier molecular flexibility index (Phi) is 7.50. The molecule has 5 aliphatic rings. The molecule has 0 fully saturated rings. The van der Waals surface area contributed by atoms with Crippen LogP contribution in [-0.4, -0.2) is 50.0 Å². The zero-order valence-electron chi connectivity index (χ0n) is 23.8. The number of halogens is 2. The Morgan fingerprint density at radius 1 is 1.07 bits per heavy atom. The van der Waals surface area contributed by atoms with Crippen LogP contribution in [0.5, 0.6) is 0 Å². The van der Waals surface area contributed by atoms with Gasteiger partial charge in [0.15, 0.2) is 0 Å². The topological polar surface area (TPSA) is 97.5 Å². The van der Waals surface area contributed by atoms with Crippen molar-refractivity contribution < 1.29 is 19.4 Å². The summed E-state index contributed by atoms with van der Waals surface area (Å²) in [6.07, 6.45) is 1.37. The van der Waals surface area contributed by atoms with Gasteiger partial charge in [-0.05, 0) is 85.2 Å². The van der Waals surface area contributed by atoms with Gasteiger partial charge in [0.05, 0.1) is 33.1 Å². The maximum Gasteiger partial charge on any atom is 0.310 e. The molecule has 5 aliphatic heterocycles. The number of ether oxygens (including phenoxy) is 1. The summed E-state index contributed by atoms with van der Waals surface area (Å²) in [6, 6.07) is 13.6. The van der Waals surface area contributed by atoms with E-state index < -0.39 is 17.3 Å². The molecule has 218 valence electrons. The molecule has 3 aromatic carbocycles. The van der Waals surface area contributed by atoms with Crippen molar-refractivity contribution >= 4 is 46.1 Å². The predicted octanol–water partition coefficient (Wildman–Crippen LogP) is 6.41. The lowest BCUT2D eigenvalue weighted by Gasteiger charge is -2.34. The maximum absolute atomic E-state index is 13.7. The van der Waals surface area contributed by atoms with Crippen molar-refractivity contribution in [3.63, 3.8) is 0 Å². The van der Waals surface area contributed by atoms with E-state index in [2.05, 4.69) is 22.4 Å². The molecule has 4 aromatic rings. The third-order valence-corrected chi connectivity index (χ3v) is 9.27. The lowest BCUT2D eigenvalue weighted by molar-refractivity contribution is -0.147. The van der Waals surface area contributed by atoms with Crippen molar-refractivity contribution in [1.82, 2.24) is 19.9 Å². The third kappa shape index (κ3) is 4.95. The molecule has 6 heterocycles. The number of rotatable bonds is 2. The first-order valence-electron chi connectivity index (χ1n) is 14.1. The Balaban J connectivity index is 1.50. The van der Waals surface area contributed by atoms with Crippen LogP contribution in [0.15, 0.2) is 42.5 Å². The van der Waals surface area contributed by atoms with Crippen LogP contribution < -0.4 is 0 Å². The van der Waals surface area contributed by atoms with Gasteiger partial charge in [0.25, 0.3) is 5.91 Å². The van der Waals surface area contributed by atoms with Crippen molar-refractivity contribution in [2.45, 2.75) is 59.2 Å². The number of aryl methyl sites for hydroxylation is 2. The number of carbonyl (C=O) groups excluding carboxylic acids is 1. The van der Waals surface area contributed by atoms with E-state index in [0.717, 1.165) is 44.4 Å². The monoisotopic (exact) mass is 606 g/mol. The Hall–Kier alpha value is -3.46. The van der Waals surface area contributed by atoms with Gasteiger partial charge in [0.2, 0.25) is 0 Å². The van der Waals surface area contributed by atoms with Crippen LogP contribution in [0.25, 0.3) is 11.0 Å². The SMILES string of the molecule is Cc1c2ccc3c1nnn3CCCOCc1cc(Cl)c(c(Cl)c1)C(=O)N1CCc3ccc(cc3C1)C2C(C)(C)C(=O)O. The van der Waals surface area contributed by atoms with E-state index >= 15 is 0 Å². The number of aromatic nitrogens is 3. The van der Waals surface area contributed by atoms with Crippen molar-refractivity contribution in [3.8, 4) is 0 Å². The van der Waals surface area contributed by atoms with Crippen LogP contribution in [0, 0.1) is 12.3 Å². The standard InChI is InChI=1S/C32H32Cl2N4O4/c1-18-23-7-8-26-29(18)35-36-38(26)10-4-12-42-17-19-13-24(33)27(25(34)14-19)30(39)37-11-9-20-5-6-21(15-22(20)16-37)28(23)32(2,3)31(40)41/h5-8,13-15,28H,4,9-12,16-17H2,1-3H3,(H,40,41). The summed E-state index contributed by atoms with van der Waals surface area (Å²) in [5.74, 6) is -1.60. The van der Waals surface area contributed by atoms with Gasteiger partial charge >= 0.3 is 5.97 Å². The minimum absolute atomic E-state index is 0.231. The zero-order chi connectivity index (χ0) is 29.8. The number of benzene rings is 3. The molecule has 42 heavy (non-hydrogen) atoms. The second-order valence-corrected chi connectivity index (χ2v) is 12.6. The van der Waals surface area contributed by atoms with E-state index in [1.54, 1.807) is 30.9 Å². The van der Waals surface area contributed by atoms with Crippen molar-refractivity contribution in [3.05, 3.63) is 91.5 Å². The molecule has 0 aliphatic carbocycles. The highest BCUT2D eigenvalue weighted by Crippen LogP contribution is 2.44. The van der Waals surface area contributed by atoms with E-state index in [0.29, 0.717) is 55.7 Å². The number of hydrogen-bond donors (Lipinski definition) is 1. The third-order valence-electron chi connectivity index (χ3n) is 8.67. The summed E-state index contributed by atoms with van der Waals surface area (Å²) < 4.78 is 7.75. The number of aliphatic carboxylic acids is 1. The molecule has 0 radical (unpaired) electrons. The molecular formula is C32H32Cl2N4O4. The Morgan fingerprint density at radius 2 is 1.83 bits per heavy atom. The number of carboxylic acid groups (broad SMARTS) is 1. The fourth-order valence-corrected chi connectivity index (χ4v) is 6.97. The Labute approximate surface area is 254 Å². The molecule has 9 bridgehead atoms. The highest BCUT2D eigenvalue weighted by Gasteiger charge is 2.40. The highest BCUT2D eigenvalue weighted by molar-refractivity contribution is 6.39. The molecule has 1 atom stereocenters. The lowest BCUT2D eigenvalue weighted by Crippen LogP contribution is -2.37. The molecule has 1 N–H and O–H groups in total. The summed E-state index contributed by atoms with van der Waals surface area (Å²) in [6.45, 7) is 7.79. The number of carbonyl (C=O) groups is 2. The molecule has 0 spiro atoms. The average Bonchev–Trinajstić information content (AvgIpc) is 3.36. The number of nitrogens with zero attached hydrogens (tertiary/aromatic N) is 4. The summed E-state index contributed by atoms with van der Waals surface area (Å²) in [5.41, 5.74) is 6.35. The van der Waals surface area contributed by atoms with Gasteiger partial charge in [-0.25, -0.2) is 4.68 Å². The van der Waals surface area contributed by atoms with Crippen LogP contribution in [-0.2, 0) is 35.6 Å². The van der Waals surface area contributed by atoms with E-state index in [1.807, 2.05) is 29.8 Å². The molecule has 0 saturated carbocycles. The smallest absolute Gasteiger partial charge is 0.310 e. The van der Waals surface area contributed by atoms with Gasteiger partial charge in [-0.2, -0.15) is 0 Å². The molecular weight excluding hydrogens is 575 g/mol. The first-order chi connectivity index (χ1) is 20.1. The lowest BCUT2D eigenvalue weighted by atomic mass is 9.69. The van der Waals surface area contributed by atoms with E-state index in [9.17, 15) is 14.7 Å². The largest absolute Gasteiger partial charge is 0.481 e. The van der Waals surface area contributed by atoms with E-state index in [-0.39, 0.29) is 11.5 Å². The second kappa shape index (κ2) is 11.0. The van der Waals surface area contributed by atoms with Crippen LogP contribution >= 0.6 is 23.2 Å². The molecule has 1 amide bonds. The highest BCUT2D eigenvalue weighted by atomic mass is 35.5. The van der Waals surface area contributed by atoms with Gasteiger partial charge in [0.1, 0.15) is 5.52 Å². The summed E-state index contributed by atoms with van der Waals surface area (Å²) in [7, 11) is 0. The number of carboxylic acids is 1. The Morgan fingerprint density at radius 3 is 2.57 bits per heavy atom. The van der Waals surface area contributed by atoms with Crippen molar-refractivity contribution in [2.24, 2.45) is 5.41 Å². The van der Waals surface area contributed by atoms with Gasteiger partial charge in [-0.1, -0.05) is 52.7 Å². The fraction of sp³-hybridized carbons (Fsp3) is 0.375. The van der Waals surface area contributed by atoms with Gasteiger partial charge in [0, 0.05) is 32.2 Å². The Bertz CT molecular complexity index is 1710. The van der Waals surface area contributed by atoms with Gasteiger partial charge in [-0.3, -0.25) is 9.59 Å². The van der Waals surface area contributed by atoms with E-state index in [4.69, 9.17) is 27.9 Å². The van der Waals surface area contributed by atoms with Gasteiger partial charge < -0.3 is 14.7 Å². The minimum Gasteiger partial charge on any atom is -0.481 e. The molecule has 8 nitrogen and oxygen atoms in total. The van der Waals surface area contributed by atoms with Crippen molar-refractivity contribution in [1.29, 1.82) is 0 Å². The van der Waals surface area contributed by atoms with Crippen LogP contribution in [0.3, 0.4) is 0 Å². The number of hydrogen-bond acceptors (Lipinski definition) is 5. The molecule has 9 rings (SSSR count). The van der Waals surface area contributed by atoms with Crippen molar-refractivity contribution in [2.75, 3.05) is 13.2 Å². The first kappa shape index (κ1) is 28.6. The minimum atomic E-state index is -1.14. The molecule has 0 saturated heterocycles. The summed E-state index contributed by atoms with van der Waals surface area (Å²) in [5, 5.41) is 19.9. The summed E-state index contributed by atoms with van der Waals surface area (Å²) in [4.78, 5) is 28.1. The quantitative estimate of drug-likeness (QED) is 0.283. The summed E-state index contributed by atoms with van der Waals surface area (Å²) >= 11 is 13.2. The normalized spacial score (nSPS) is 17.8. The first-order valence-corrected chi connectivity index (χ1v) is 14.8. The predicted molar refractivity (Wildman–Crippen MR) is 161 cm³/mol. The van der Waals surface area contributed by atoms with Crippen LogP contribution in [0.1, 0.15) is 69.9 Å². The second-order valence-electron chi connectivity index (χ2n) is 11.8. The maximum atomic E-state index is 13.7. The van der Waals surface area contributed by atoms with E-state index in [1.165, 1.54) is 0 Å². The average molecular weight is 608 g/mol. The molecule has 10 heteroatoms. The molecule has 1 aromatic heterocycles. The van der Waals surface area contributed by atoms with Crippen LogP contribution in [0.2, 0.25) is 10.0 Å². The molecule has 1 unspecified atom stereocenters.